The van der Waals surface area contributed by atoms with Crippen molar-refractivity contribution in [3.05, 3.63) is 52.5 Å². The molecule has 0 aliphatic heterocycles. The van der Waals surface area contributed by atoms with Crippen LogP contribution in [0.25, 0.3) is 0 Å². The summed E-state index contributed by atoms with van der Waals surface area (Å²) in [6, 6.07) is 7.38. The third kappa shape index (κ3) is 3.20. The monoisotopic (exact) mass is 323 g/mol. The van der Waals surface area contributed by atoms with Gasteiger partial charge in [0.05, 0.1) is 0 Å². The normalized spacial score (nSPS) is 11.6. The molecule has 0 aliphatic rings. The Morgan fingerprint density at radius 3 is 2.50 bits per heavy atom. The number of hydrogen-bond acceptors (Lipinski definition) is 4. The van der Waals surface area contributed by atoms with Gasteiger partial charge in [-0.2, -0.15) is 0 Å². The Bertz CT molecular complexity index is 820. The van der Waals surface area contributed by atoms with E-state index in [2.05, 4.69) is 4.72 Å². The van der Waals surface area contributed by atoms with Crippen LogP contribution in [-0.4, -0.2) is 19.5 Å². The maximum Gasteiger partial charge on any atom is 0.340 e. The van der Waals surface area contributed by atoms with Gasteiger partial charge in [0.25, 0.3) is 0 Å². The van der Waals surface area contributed by atoms with Gasteiger partial charge in [0.2, 0.25) is 10.0 Å². The van der Waals surface area contributed by atoms with Gasteiger partial charge in [-0.3, -0.25) is 0 Å². The topological polar surface area (TPSA) is 96.6 Å². The van der Waals surface area contributed by atoms with Crippen LogP contribution in [0.15, 0.2) is 33.6 Å². The summed E-state index contributed by atoms with van der Waals surface area (Å²) in [6.07, 6.45) is 0. The molecule has 0 radical (unpaired) electrons. The second-order valence-electron chi connectivity index (χ2n) is 5.04. The number of carboxylic acids is 1. The van der Waals surface area contributed by atoms with Gasteiger partial charge in [-0.05, 0) is 26.3 Å². The second kappa shape index (κ2) is 5.94. The fourth-order valence-electron chi connectivity index (χ4n) is 2.31. The van der Waals surface area contributed by atoms with E-state index >= 15 is 0 Å². The van der Waals surface area contributed by atoms with Crippen LogP contribution in [0.3, 0.4) is 0 Å². The van der Waals surface area contributed by atoms with E-state index in [4.69, 9.17) is 4.42 Å². The van der Waals surface area contributed by atoms with Crippen LogP contribution in [0.2, 0.25) is 0 Å². The zero-order valence-corrected chi connectivity index (χ0v) is 13.3. The molecule has 118 valence electrons. The zero-order valence-electron chi connectivity index (χ0n) is 12.5. The number of aryl methyl sites for hydroxylation is 3. The third-order valence-electron chi connectivity index (χ3n) is 3.24. The maximum atomic E-state index is 12.4. The highest BCUT2D eigenvalue weighted by molar-refractivity contribution is 7.89. The predicted molar refractivity (Wildman–Crippen MR) is 80.3 cm³/mol. The highest BCUT2D eigenvalue weighted by Gasteiger charge is 2.30. The summed E-state index contributed by atoms with van der Waals surface area (Å²) in [5.74, 6) is -1.20. The summed E-state index contributed by atoms with van der Waals surface area (Å²) in [5.41, 5.74) is 1.48. The largest absolute Gasteiger partial charge is 0.478 e. The minimum absolute atomic E-state index is 0.0617. The SMILES string of the molecule is Cc1cccc(CNS(=O)(=O)c2c(C)oc(C)c2C(=O)O)c1. The van der Waals surface area contributed by atoms with Crippen molar-refractivity contribution in [3.63, 3.8) is 0 Å². The molecule has 0 saturated carbocycles. The zero-order chi connectivity index (χ0) is 16.5. The lowest BCUT2D eigenvalue weighted by atomic mass is 10.1. The first-order valence-electron chi connectivity index (χ1n) is 6.61. The second-order valence-corrected chi connectivity index (χ2v) is 6.74. The molecule has 0 atom stereocenters. The number of hydrogen-bond donors (Lipinski definition) is 2. The van der Waals surface area contributed by atoms with Crippen LogP contribution in [0, 0.1) is 20.8 Å². The number of carbonyl (C=O) groups is 1. The molecule has 7 heteroatoms. The molecule has 0 amide bonds. The highest BCUT2D eigenvalue weighted by atomic mass is 32.2. The molecule has 0 spiro atoms. The molecule has 2 rings (SSSR count). The van der Waals surface area contributed by atoms with E-state index in [0.717, 1.165) is 11.1 Å². The molecule has 22 heavy (non-hydrogen) atoms. The molecule has 2 N–H and O–H groups in total. The first kappa shape index (κ1) is 16.3. The molecule has 6 nitrogen and oxygen atoms in total. The van der Waals surface area contributed by atoms with Crippen LogP contribution in [0.4, 0.5) is 0 Å². The molecular formula is C15H17NO5S. The van der Waals surface area contributed by atoms with Gasteiger partial charge in [0, 0.05) is 6.54 Å². The Balaban J connectivity index is 2.34. The molecular weight excluding hydrogens is 306 g/mol. The van der Waals surface area contributed by atoms with E-state index < -0.39 is 16.0 Å². The molecule has 0 bridgehead atoms. The Morgan fingerprint density at radius 1 is 1.23 bits per heavy atom. The fourth-order valence-corrected chi connectivity index (χ4v) is 3.73. The summed E-state index contributed by atoms with van der Waals surface area (Å²) in [4.78, 5) is 11.0. The van der Waals surface area contributed by atoms with Crippen molar-refractivity contribution in [2.75, 3.05) is 0 Å². The number of furan rings is 1. The number of nitrogens with one attached hydrogen (secondary N) is 1. The molecule has 1 aromatic heterocycles. The summed E-state index contributed by atoms with van der Waals surface area (Å²) in [6.45, 7) is 4.84. The van der Waals surface area contributed by atoms with E-state index in [1.807, 2.05) is 25.1 Å². The van der Waals surface area contributed by atoms with Crippen LogP contribution in [0.1, 0.15) is 33.0 Å². The van der Waals surface area contributed by atoms with Crippen LogP contribution >= 0.6 is 0 Å². The average molecular weight is 323 g/mol. The summed E-state index contributed by atoms with van der Waals surface area (Å²) in [5, 5.41) is 9.19. The minimum atomic E-state index is -3.98. The first-order valence-corrected chi connectivity index (χ1v) is 8.09. The quantitative estimate of drug-likeness (QED) is 0.880. The van der Waals surface area contributed by atoms with Crippen molar-refractivity contribution in [1.29, 1.82) is 0 Å². The fraction of sp³-hybridized carbons (Fsp3) is 0.267. The Labute approximate surface area is 128 Å². The van der Waals surface area contributed by atoms with Gasteiger partial charge < -0.3 is 9.52 Å². The van der Waals surface area contributed by atoms with Crippen molar-refractivity contribution in [2.24, 2.45) is 0 Å². The molecule has 2 aromatic rings. The van der Waals surface area contributed by atoms with Crippen molar-refractivity contribution in [3.8, 4) is 0 Å². The van der Waals surface area contributed by atoms with E-state index in [-0.39, 0.29) is 28.5 Å². The summed E-state index contributed by atoms with van der Waals surface area (Å²) in [7, 11) is -3.98. The van der Waals surface area contributed by atoms with Crippen molar-refractivity contribution < 1.29 is 22.7 Å². The number of aromatic carboxylic acids is 1. The highest BCUT2D eigenvalue weighted by Crippen LogP contribution is 2.26. The molecule has 0 saturated heterocycles. The number of sulfonamides is 1. The molecule has 0 fully saturated rings. The lowest BCUT2D eigenvalue weighted by Gasteiger charge is -2.07. The predicted octanol–water partition coefficient (Wildman–Crippen LogP) is 2.38. The van der Waals surface area contributed by atoms with E-state index in [9.17, 15) is 18.3 Å². The summed E-state index contributed by atoms with van der Waals surface area (Å²) >= 11 is 0. The van der Waals surface area contributed by atoms with Gasteiger partial charge in [-0.15, -0.1) is 0 Å². The first-order chi connectivity index (χ1) is 10.2. The van der Waals surface area contributed by atoms with Gasteiger partial charge in [0.1, 0.15) is 22.0 Å². The summed E-state index contributed by atoms with van der Waals surface area (Å²) < 4.78 is 32.4. The Hall–Kier alpha value is -2.12. The van der Waals surface area contributed by atoms with Crippen LogP contribution < -0.4 is 4.72 Å². The molecule has 1 aromatic carbocycles. The molecule has 0 unspecified atom stereocenters. The van der Waals surface area contributed by atoms with E-state index in [0.29, 0.717) is 0 Å². The van der Waals surface area contributed by atoms with Gasteiger partial charge in [0.15, 0.2) is 0 Å². The third-order valence-corrected chi connectivity index (χ3v) is 4.79. The van der Waals surface area contributed by atoms with Gasteiger partial charge in [-0.25, -0.2) is 17.9 Å². The van der Waals surface area contributed by atoms with Crippen molar-refractivity contribution in [2.45, 2.75) is 32.2 Å². The number of rotatable bonds is 5. The van der Waals surface area contributed by atoms with Crippen molar-refractivity contribution >= 4 is 16.0 Å². The van der Waals surface area contributed by atoms with E-state index in [1.165, 1.54) is 13.8 Å². The van der Waals surface area contributed by atoms with Crippen molar-refractivity contribution in [1.82, 2.24) is 4.72 Å². The lowest BCUT2D eigenvalue weighted by molar-refractivity contribution is 0.0691. The van der Waals surface area contributed by atoms with Gasteiger partial charge >= 0.3 is 5.97 Å². The van der Waals surface area contributed by atoms with E-state index in [1.54, 1.807) is 6.07 Å². The smallest absolute Gasteiger partial charge is 0.340 e. The maximum absolute atomic E-state index is 12.4. The van der Waals surface area contributed by atoms with Crippen LogP contribution in [0.5, 0.6) is 0 Å². The molecule has 1 heterocycles. The Morgan fingerprint density at radius 2 is 1.91 bits per heavy atom. The Kier molecular flexibility index (Phi) is 4.39. The average Bonchev–Trinajstić information content (AvgIpc) is 2.72. The number of carboxylic acid groups (broad SMARTS) is 1. The van der Waals surface area contributed by atoms with Crippen LogP contribution in [-0.2, 0) is 16.6 Å². The number of benzene rings is 1. The lowest BCUT2D eigenvalue weighted by Crippen LogP contribution is -2.25. The minimum Gasteiger partial charge on any atom is -0.478 e. The standard InChI is InChI=1S/C15H17NO5S/c1-9-5-4-6-12(7-9)8-16-22(19,20)14-11(3)21-10(2)13(14)15(17)18/h4-7,16H,8H2,1-3H3,(H,17,18). The van der Waals surface area contributed by atoms with Gasteiger partial charge in [-0.1, -0.05) is 29.8 Å². The molecule has 0 aliphatic carbocycles.